The first-order chi connectivity index (χ1) is 6.67. The molecular formula is C11H19NO2. The number of rotatable bonds is 5. The highest BCUT2D eigenvalue weighted by atomic mass is 16.3. The monoisotopic (exact) mass is 197 g/mol. The molecule has 0 aliphatic carbocycles. The van der Waals surface area contributed by atoms with Gasteiger partial charge in [0.2, 0.25) is 0 Å². The van der Waals surface area contributed by atoms with Crippen LogP contribution in [0.4, 0.5) is 0 Å². The number of hydrogen-bond donors (Lipinski definition) is 2. The Balaban J connectivity index is 2.53. The highest BCUT2D eigenvalue weighted by Gasteiger charge is 2.13. The van der Waals surface area contributed by atoms with E-state index in [1.54, 1.807) is 0 Å². The van der Waals surface area contributed by atoms with Gasteiger partial charge < -0.3 is 14.8 Å². The second-order valence-corrected chi connectivity index (χ2v) is 3.62. The van der Waals surface area contributed by atoms with Crippen molar-refractivity contribution in [3.8, 4) is 0 Å². The van der Waals surface area contributed by atoms with Crippen LogP contribution in [0.3, 0.4) is 0 Å². The Hall–Kier alpha value is -0.800. The Morgan fingerprint density at radius 2 is 2.21 bits per heavy atom. The molecule has 1 rings (SSSR count). The summed E-state index contributed by atoms with van der Waals surface area (Å²) in [6.07, 6.45) is 0.917. The molecule has 80 valence electrons. The first-order valence-electron chi connectivity index (χ1n) is 5.10. The van der Waals surface area contributed by atoms with Gasteiger partial charge in [0.15, 0.2) is 0 Å². The van der Waals surface area contributed by atoms with Gasteiger partial charge in [-0.25, -0.2) is 0 Å². The van der Waals surface area contributed by atoms with Crippen LogP contribution < -0.4 is 5.32 Å². The van der Waals surface area contributed by atoms with Crippen LogP contribution in [-0.2, 0) is 0 Å². The summed E-state index contributed by atoms with van der Waals surface area (Å²) in [4.78, 5) is 0. The molecule has 0 aliphatic heterocycles. The first-order valence-corrected chi connectivity index (χ1v) is 5.10. The maximum atomic E-state index is 9.03. The number of nitrogens with one attached hydrogen (secondary N) is 1. The molecule has 0 radical (unpaired) electrons. The van der Waals surface area contributed by atoms with Crippen LogP contribution in [0.15, 0.2) is 16.5 Å². The van der Waals surface area contributed by atoms with Crippen LogP contribution in [0.25, 0.3) is 0 Å². The number of aryl methyl sites for hydroxylation is 1. The molecule has 3 nitrogen and oxygen atoms in total. The van der Waals surface area contributed by atoms with Gasteiger partial charge in [0.25, 0.3) is 0 Å². The lowest BCUT2D eigenvalue weighted by Crippen LogP contribution is -2.33. The van der Waals surface area contributed by atoms with Gasteiger partial charge in [0.1, 0.15) is 11.5 Å². The average Bonchev–Trinajstić information content (AvgIpc) is 2.61. The van der Waals surface area contributed by atoms with E-state index in [0.29, 0.717) is 0 Å². The molecule has 3 heteroatoms. The summed E-state index contributed by atoms with van der Waals surface area (Å²) in [7, 11) is 0. The van der Waals surface area contributed by atoms with E-state index in [0.717, 1.165) is 17.9 Å². The fourth-order valence-electron chi connectivity index (χ4n) is 1.42. The zero-order valence-corrected chi connectivity index (χ0v) is 9.08. The van der Waals surface area contributed by atoms with Crippen molar-refractivity contribution in [2.24, 2.45) is 0 Å². The van der Waals surface area contributed by atoms with Crippen molar-refractivity contribution in [3.63, 3.8) is 0 Å². The lowest BCUT2D eigenvalue weighted by molar-refractivity contribution is 0.225. The molecule has 0 saturated carbocycles. The van der Waals surface area contributed by atoms with Crippen molar-refractivity contribution in [2.45, 2.75) is 39.3 Å². The van der Waals surface area contributed by atoms with Gasteiger partial charge in [-0.05, 0) is 32.4 Å². The van der Waals surface area contributed by atoms with Gasteiger partial charge >= 0.3 is 0 Å². The molecule has 0 unspecified atom stereocenters. The largest absolute Gasteiger partial charge is 0.465 e. The molecule has 2 N–H and O–H groups in total. The van der Waals surface area contributed by atoms with Crippen molar-refractivity contribution in [3.05, 3.63) is 23.7 Å². The molecular weight excluding hydrogens is 178 g/mol. The summed E-state index contributed by atoms with van der Waals surface area (Å²) in [5.74, 6) is 1.85. The van der Waals surface area contributed by atoms with E-state index in [1.807, 2.05) is 32.9 Å². The van der Waals surface area contributed by atoms with Gasteiger partial charge in [-0.2, -0.15) is 0 Å². The maximum Gasteiger partial charge on any atom is 0.120 e. The summed E-state index contributed by atoms with van der Waals surface area (Å²) in [6, 6.07) is 4.22. The molecule has 0 aliphatic rings. The van der Waals surface area contributed by atoms with E-state index in [9.17, 15) is 0 Å². The Morgan fingerprint density at radius 3 is 2.64 bits per heavy atom. The number of furan rings is 1. The zero-order valence-electron chi connectivity index (χ0n) is 9.08. The summed E-state index contributed by atoms with van der Waals surface area (Å²) in [5, 5.41) is 12.3. The second-order valence-electron chi connectivity index (χ2n) is 3.62. The molecule has 0 fully saturated rings. The van der Waals surface area contributed by atoms with Crippen molar-refractivity contribution >= 4 is 0 Å². The van der Waals surface area contributed by atoms with E-state index in [-0.39, 0.29) is 18.7 Å². The SMILES string of the molecule is CC[C@@H](CO)N[C@@H](C)c1ccc(C)o1. The van der Waals surface area contributed by atoms with E-state index < -0.39 is 0 Å². The predicted molar refractivity (Wildman–Crippen MR) is 56.2 cm³/mol. The Kier molecular flexibility index (Phi) is 4.17. The number of aliphatic hydroxyl groups excluding tert-OH is 1. The lowest BCUT2D eigenvalue weighted by atomic mass is 10.2. The van der Waals surface area contributed by atoms with Gasteiger partial charge in [-0.15, -0.1) is 0 Å². The summed E-state index contributed by atoms with van der Waals surface area (Å²) in [6.45, 7) is 6.19. The fourth-order valence-corrected chi connectivity index (χ4v) is 1.42. The van der Waals surface area contributed by atoms with Crippen molar-refractivity contribution in [1.29, 1.82) is 0 Å². The average molecular weight is 197 g/mol. The molecule has 0 amide bonds. The molecule has 0 saturated heterocycles. The van der Waals surface area contributed by atoms with Crippen LogP contribution in [0.1, 0.15) is 37.8 Å². The number of hydrogen-bond acceptors (Lipinski definition) is 3. The van der Waals surface area contributed by atoms with E-state index in [1.165, 1.54) is 0 Å². The Labute approximate surface area is 85.1 Å². The van der Waals surface area contributed by atoms with Crippen LogP contribution in [0.5, 0.6) is 0 Å². The van der Waals surface area contributed by atoms with Gasteiger partial charge in [-0.3, -0.25) is 0 Å². The Morgan fingerprint density at radius 1 is 1.50 bits per heavy atom. The second kappa shape index (κ2) is 5.17. The third-order valence-electron chi connectivity index (χ3n) is 2.39. The van der Waals surface area contributed by atoms with E-state index in [4.69, 9.17) is 9.52 Å². The highest BCUT2D eigenvalue weighted by Crippen LogP contribution is 2.16. The standard InChI is InChI=1S/C11H19NO2/c1-4-10(7-13)12-9(3)11-6-5-8(2)14-11/h5-6,9-10,12-13H,4,7H2,1-3H3/t9-,10-/m0/s1. The smallest absolute Gasteiger partial charge is 0.120 e. The van der Waals surface area contributed by atoms with Crippen molar-refractivity contribution in [1.82, 2.24) is 5.32 Å². The minimum absolute atomic E-state index is 0.149. The molecule has 14 heavy (non-hydrogen) atoms. The van der Waals surface area contributed by atoms with Crippen molar-refractivity contribution < 1.29 is 9.52 Å². The third kappa shape index (κ3) is 2.86. The minimum Gasteiger partial charge on any atom is -0.465 e. The van der Waals surface area contributed by atoms with E-state index >= 15 is 0 Å². The Bertz CT molecular complexity index is 266. The maximum absolute atomic E-state index is 9.03. The molecule has 0 aromatic carbocycles. The van der Waals surface area contributed by atoms with Gasteiger partial charge in [-0.1, -0.05) is 6.92 Å². The van der Waals surface area contributed by atoms with Crippen molar-refractivity contribution in [2.75, 3.05) is 6.61 Å². The summed E-state index contributed by atoms with van der Waals surface area (Å²) in [5.41, 5.74) is 0. The third-order valence-corrected chi connectivity index (χ3v) is 2.39. The summed E-state index contributed by atoms with van der Waals surface area (Å²) >= 11 is 0. The van der Waals surface area contributed by atoms with Gasteiger partial charge in [0.05, 0.1) is 12.6 Å². The normalized spacial score (nSPS) is 15.4. The van der Waals surface area contributed by atoms with Crippen LogP contribution >= 0.6 is 0 Å². The molecule has 0 bridgehead atoms. The first kappa shape index (κ1) is 11.3. The molecule has 1 aromatic rings. The molecule has 1 heterocycles. The zero-order chi connectivity index (χ0) is 10.6. The molecule has 2 atom stereocenters. The highest BCUT2D eigenvalue weighted by molar-refractivity contribution is 5.09. The molecule has 0 spiro atoms. The topological polar surface area (TPSA) is 45.4 Å². The predicted octanol–water partition coefficient (Wildman–Crippen LogP) is 2.01. The van der Waals surface area contributed by atoms with Crippen LogP contribution in [-0.4, -0.2) is 17.8 Å². The summed E-state index contributed by atoms with van der Waals surface area (Å²) < 4.78 is 5.49. The van der Waals surface area contributed by atoms with Gasteiger partial charge in [0, 0.05) is 6.04 Å². The lowest BCUT2D eigenvalue weighted by Gasteiger charge is -2.18. The van der Waals surface area contributed by atoms with Crippen LogP contribution in [0, 0.1) is 6.92 Å². The quantitative estimate of drug-likeness (QED) is 0.759. The van der Waals surface area contributed by atoms with E-state index in [2.05, 4.69) is 5.32 Å². The molecule has 1 aromatic heterocycles. The van der Waals surface area contributed by atoms with Crippen LogP contribution in [0.2, 0.25) is 0 Å². The number of aliphatic hydroxyl groups is 1. The fraction of sp³-hybridized carbons (Fsp3) is 0.636. The minimum atomic E-state index is 0.149.